The van der Waals surface area contributed by atoms with Crippen LogP contribution in [-0.4, -0.2) is 23.4 Å². The number of fused-ring (bicyclic) bond motifs is 1. The Kier molecular flexibility index (Phi) is 5.36. The molecule has 2 aromatic rings. The van der Waals surface area contributed by atoms with Gasteiger partial charge >= 0.3 is 0 Å². The van der Waals surface area contributed by atoms with Crippen molar-refractivity contribution in [2.24, 2.45) is 5.73 Å². The Balaban J connectivity index is 1.37. The van der Waals surface area contributed by atoms with Crippen LogP contribution >= 0.6 is 0 Å². The van der Waals surface area contributed by atoms with E-state index in [2.05, 4.69) is 49.4 Å². The second-order valence-corrected chi connectivity index (χ2v) is 8.65. The standard InChI is InChI=1S/C24H31NO2/c1-17-2-4-18(5-3-17)15-27-23-9-8-19-12-20(6-7-21(19)13-23)22-10-11-24(25,14-22)16-26/h2-7,12,22-23,26H,8-11,13-16,25H2,1H3/t22-,23+,24+/m0/s1. The Labute approximate surface area is 162 Å². The van der Waals surface area contributed by atoms with Crippen LogP contribution in [-0.2, 0) is 24.2 Å². The fourth-order valence-corrected chi connectivity index (χ4v) is 4.62. The van der Waals surface area contributed by atoms with Crippen LogP contribution < -0.4 is 5.73 Å². The summed E-state index contributed by atoms with van der Waals surface area (Å²) in [5.74, 6) is 0.489. The molecule has 1 fully saturated rings. The fraction of sp³-hybridized carbons (Fsp3) is 0.500. The normalized spacial score (nSPS) is 27.5. The van der Waals surface area contributed by atoms with Gasteiger partial charge in [-0.2, -0.15) is 0 Å². The van der Waals surface area contributed by atoms with Crippen LogP contribution in [0.5, 0.6) is 0 Å². The van der Waals surface area contributed by atoms with Crippen molar-refractivity contribution in [2.75, 3.05) is 6.61 Å². The first kappa shape index (κ1) is 18.7. The monoisotopic (exact) mass is 365 g/mol. The fourth-order valence-electron chi connectivity index (χ4n) is 4.62. The van der Waals surface area contributed by atoms with Crippen molar-refractivity contribution in [1.29, 1.82) is 0 Å². The van der Waals surface area contributed by atoms with Gasteiger partial charge in [0.15, 0.2) is 0 Å². The Morgan fingerprint density at radius 1 is 1.11 bits per heavy atom. The SMILES string of the molecule is Cc1ccc(CO[C@@H]2CCc3cc([C@H]4CC[C@](N)(CO)C4)ccc3C2)cc1. The topological polar surface area (TPSA) is 55.5 Å². The van der Waals surface area contributed by atoms with Crippen molar-refractivity contribution in [3.8, 4) is 0 Å². The maximum Gasteiger partial charge on any atom is 0.0720 e. The first-order valence-electron chi connectivity index (χ1n) is 10.2. The summed E-state index contributed by atoms with van der Waals surface area (Å²) in [5, 5.41) is 9.52. The van der Waals surface area contributed by atoms with Gasteiger partial charge in [-0.15, -0.1) is 0 Å². The van der Waals surface area contributed by atoms with Crippen molar-refractivity contribution in [3.05, 3.63) is 70.3 Å². The van der Waals surface area contributed by atoms with Gasteiger partial charge in [0, 0.05) is 5.54 Å². The van der Waals surface area contributed by atoms with Gasteiger partial charge in [0.1, 0.15) is 0 Å². The zero-order chi connectivity index (χ0) is 18.9. The molecule has 0 radical (unpaired) electrons. The minimum absolute atomic E-state index is 0.0917. The average Bonchev–Trinajstić information content (AvgIpc) is 3.10. The lowest BCUT2D eigenvalue weighted by Gasteiger charge is -2.26. The molecular formula is C24H31NO2. The molecule has 144 valence electrons. The Bertz CT molecular complexity index is 785. The molecule has 3 N–H and O–H groups in total. The molecule has 3 nitrogen and oxygen atoms in total. The molecule has 0 unspecified atom stereocenters. The first-order valence-corrected chi connectivity index (χ1v) is 10.2. The zero-order valence-corrected chi connectivity index (χ0v) is 16.3. The number of rotatable bonds is 5. The van der Waals surface area contributed by atoms with E-state index in [1.807, 2.05) is 0 Å². The van der Waals surface area contributed by atoms with Gasteiger partial charge < -0.3 is 15.6 Å². The smallest absolute Gasteiger partial charge is 0.0720 e. The third-order valence-electron chi connectivity index (χ3n) is 6.45. The minimum Gasteiger partial charge on any atom is -0.394 e. The van der Waals surface area contributed by atoms with E-state index in [0.29, 0.717) is 18.6 Å². The highest BCUT2D eigenvalue weighted by molar-refractivity contribution is 5.37. The van der Waals surface area contributed by atoms with E-state index in [9.17, 15) is 5.11 Å². The molecule has 0 saturated heterocycles. The molecule has 0 amide bonds. The molecule has 27 heavy (non-hydrogen) atoms. The van der Waals surface area contributed by atoms with E-state index in [1.165, 1.54) is 27.8 Å². The summed E-state index contributed by atoms with van der Waals surface area (Å²) in [6.45, 7) is 2.90. The predicted molar refractivity (Wildman–Crippen MR) is 109 cm³/mol. The lowest BCUT2D eigenvalue weighted by molar-refractivity contribution is 0.0319. The summed E-state index contributed by atoms with van der Waals surface area (Å²) in [5.41, 5.74) is 12.7. The number of aliphatic hydroxyl groups is 1. The van der Waals surface area contributed by atoms with Crippen LogP contribution in [0.3, 0.4) is 0 Å². The lowest BCUT2D eigenvalue weighted by atomic mass is 9.85. The molecule has 3 atom stereocenters. The largest absolute Gasteiger partial charge is 0.394 e. The van der Waals surface area contributed by atoms with Gasteiger partial charge in [0.05, 0.1) is 19.3 Å². The van der Waals surface area contributed by atoms with E-state index in [4.69, 9.17) is 10.5 Å². The number of nitrogens with two attached hydrogens (primary N) is 1. The number of aryl methyl sites for hydroxylation is 2. The summed E-state index contributed by atoms with van der Waals surface area (Å²) in [4.78, 5) is 0. The molecule has 2 aromatic carbocycles. The quantitative estimate of drug-likeness (QED) is 0.841. The third-order valence-corrected chi connectivity index (χ3v) is 6.45. The zero-order valence-electron chi connectivity index (χ0n) is 16.3. The van der Waals surface area contributed by atoms with E-state index in [1.54, 1.807) is 0 Å². The van der Waals surface area contributed by atoms with E-state index in [0.717, 1.165) is 38.5 Å². The molecule has 0 heterocycles. The van der Waals surface area contributed by atoms with Crippen molar-refractivity contribution >= 4 is 0 Å². The molecule has 1 saturated carbocycles. The molecule has 0 spiro atoms. The average molecular weight is 366 g/mol. The second kappa shape index (κ2) is 7.75. The van der Waals surface area contributed by atoms with Crippen molar-refractivity contribution in [3.63, 3.8) is 0 Å². The van der Waals surface area contributed by atoms with E-state index in [-0.39, 0.29) is 12.1 Å². The van der Waals surface area contributed by atoms with Gasteiger partial charge in [0.2, 0.25) is 0 Å². The molecule has 0 aromatic heterocycles. The molecule has 0 bridgehead atoms. The molecular weight excluding hydrogens is 334 g/mol. The lowest BCUT2D eigenvalue weighted by Crippen LogP contribution is -2.40. The van der Waals surface area contributed by atoms with Crippen LogP contribution in [0, 0.1) is 6.92 Å². The maximum atomic E-state index is 9.52. The van der Waals surface area contributed by atoms with E-state index < -0.39 is 0 Å². The molecule has 2 aliphatic rings. The summed E-state index contributed by atoms with van der Waals surface area (Å²) in [7, 11) is 0. The van der Waals surface area contributed by atoms with Crippen LogP contribution in [0.25, 0.3) is 0 Å². The molecule has 2 aliphatic carbocycles. The van der Waals surface area contributed by atoms with Gasteiger partial charge in [0.25, 0.3) is 0 Å². The van der Waals surface area contributed by atoms with Gasteiger partial charge in [-0.1, -0.05) is 48.0 Å². The van der Waals surface area contributed by atoms with Gasteiger partial charge in [-0.3, -0.25) is 0 Å². The number of aliphatic hydroxyl groups excluding tert-OH is 1. The third kappa shape index (κ3) is 4.26. The Hall–Kier alpha value is -1.68. The second-order valence-electron chi connectivity index (χ2n) is 8.65. The first-order chi connectivity index (χ1) is 13.0. The summed E-state index contributed by atoms with van der Waals surface area (Å²) in [6, 6.07) is 15.6. The number of benzene rings is 2. The van der Waals surface area contributed by atoms with Gasteiger partial charge in [-0.25, -0.2) is 0 Å². The van der Waals surface area contributed by atoms with Crippen LogP contribution in [0.1, 0.15) is 59.4 Å². The van der Waals surface area contributed by atoms with E-state index >= 15 is 0 Å². The van der Waals surface area contributed by atoms with Crippen molar-refractivity contribution < 1.29 is 9.84 Å². The van der Waals surface area contributed by atoms with Crippen molar-refractivity contribution in [2.45, 2.75) is 69.6 Å². The number of hydrogen-bond acceptors (Lipinski definition) is 3. The minimum atomic E-state index is -0.379. The Morgan fingerprint density at radius 3 is 2.67 bits per heavy atom. The molecule has 0 aliphatic heterocycles. The summed E-state index contributed by atoms with van der Waals surface area (Å²) >= 11 is 0. The highest BCUT2D eigenvalue weighted by Gasteiger charge is 2.36. The van der Waals surface area contributed by atoms with Crippen LogP contribution in [0.4, 0.5) is 0 Å². The number of hydrogen-bond donors (Lipinski definition) is 2. The Morgan fingerprint density at radius 2 is 1.93 bits per heavy atom. The molecule has 3 heteroatoms. The van der Waals surface area contributed by atoms with Crippen LogP contribution in [0.15, 0.2) is 42.5 Å². The predicted octanol–water partition coefficient (Wildman–Crippen LogP) is 4.03. The number of ether oxygens (including phenoxy) is 1. The molecule has 4 rings (SSSR count). The highest BCUT2D eigenvalue weighted by Crippen LogP contribution is 2.40. The summed E-state index contributed by atoms with van der Waals surface area (Å²) in [6.07, 6.45) is 6.38. The highest BCUT2D eigenvalue weighted by atomic mass is 16.5. The summed E-state index contributed by atoms with van der Waals surface area (Å²) < 4.78 is 6.19. The van der Waals surface area contributed by atoms with Crippen LogP contribution in [0.2, 0.25) is 0 Å². The van der Waals surface area contributed by atoms with Gasteiger partial charge in [-0.05, 0) is 73.6 Å². The van der Waals surface area contributed by atoms with Crippen molar-refractivity contribution in [1.82, 2.24) is 0 Å². The maximum absolute atomic E-state index is 9.52.